The van der Waals surface area contributed by atoms with E-state index in [1.807, 2.05) is 21.1 Å². The molecule has 90 heavy (non-hydrogen) atoms. The van der Waals surface area contributed by atoms with E-state index in [0.29, 0.717) is 17.4 Å². The topological polar surface area (TPSA) is 108 Å². The number of unbranched alkanes of at least 4 members (excludes halogenated alkanes) is 22. The maximum atomic E-state index is 12.9. The van der Waals surface area contributed by atoms with Crippen molar-refractivity contribution in [1.82, 2.24) is 0 Å². The summed E-state index contributed by atoms with van der Waals surface area (Å²) in [7, 11) is 1.46. The highest BCUT2D eigenvalue weighted by Crippen LogP contribution is 2.43. The summed E-state index contributed by atoms with van der Waals surface area (Å²) in [6, 6.07) is 0. The Morgan fingerprint density at radius 3 is 0.889 bits per heavy atom. The van der Waals surface area contributed by atoms with Gasteiger partial charge >= 0.3 is 19.8 Å². The number of likely N-dealkylation sites (N-methyl/N-ethyl adjacent to an activating group) is 1. The third-order valence-electron chi connectivity index (χ3n) is 14.7. The Bertz CT molecular complexity index is 2130. The van der Waals surface area contributed by atoms with Crippen molar-refractivity contribution in [2.45, 2.75) is 277 Å². The predicted octanol–water partition coefficient (Wildman–Crippen LogP) is 23.7. The van der Waals surface area contributed by atoms with Crippen LogP contribution in [0.5, 0.6) is 0 Å². The number of hydrogen-bond donors (Lipinski definition) is 1. The number of esters is 2. The number of rotatable bonds is 64. The monoisotopic (exact) mass is 1270 g/mol. The molecule has 0 aliphatic carbocycles. The molecule has 0 radical (unpaired) electrons. The van der Waals surface area contributed by atoms with Gasteiger partial charge in [0.1, 0.15) is 19.8 Å². The van der Waals surface area contributed by atoms with E-state index in [1.54, 1.807) is 0 Å². The second-order valence-electron chi connectivity index (χ2n) is 24.5. The highest BCUT2D eigenvalue weighted by molar-refractivity contribution is 7.47. The van der Waals surface area contributed by atoms with Crippen LogP contribution < -0.4 is 0 Å². The van der Waals surface area contributed by atoms with Gasteiger partial charge in [-0.15, -0.1) is 0 Å². The summed E-state index contributed by atoms with van der Waals surface area (Å²) in [6.07, 6.45) is 104. The van der Waals surface area contributed by atoms with Crippen LogP contribution in [0.15, 0.2) is 170 Å². The van der Waals surface area contributed by atoms with Crippen LogP contribution in [0.25, 0.3) is 0 Å². The first kappa shape index (κ1) is 85.4. The Morgan fingerprint density at radius 1 is 0.344 bits per heavy atom. The molecule has 0 spiro atoms. The SMILES string of the molecule is CC/C=C\C/C=C\C/C=C\C/C=C\C/C=C\C/C=C\C/C=C\C/C=C\CCCCCCCCCCCCC(=O)OC(COC(=O)CCCCCCCCCCCCCC/C=C\C/C=C\C/C=C\C/C=C\C/C=C\C/C=C\CC)COP(=O)(O)OCC[N+](C)(C)C. The molecule has 0 saturated carbocycles. The van der Waals surface area contributed by atoms with Crippen LogP contribution in [0.1, 0.15) is 271 Å². The van der Waals surface area contributed by atoms with Crippen molar-refractivity contribution in [1.29, 1.82) is 0 Å². The molecule has 0 amide bonds. The molecular weight excluding hydrogens is 1130 g/mol. The molecule has 0 fully saturated rings. The Kier molecular flexibility index (Phi) is 65.2. The minimum Gasteiger partial charge on any atom is -0.462 e. The summed E-state index contributed by atoms with van der Waals surface area (Å²) < 4.78 is 34.7. The van der Waals surface area contributed by atoms with Gasteiger partial charge in [0.25, 0.3) is 0 Å². The van der Waals surface area contributed by atoms with Crippen LogP contribution in [-0.2, 0) is 32.7 Å². The normalized spacial score (nSPS) is 14.2. The smallest absolute Gasteiger partial charge is 0.462 e. The van der Waals surface area contributed by atoms with E-state index in [-0.39, 0.29) is 32.0 Å². The van der Waals surface area contributed by atoms with Crippen molar-refractivity contribution in [3.05, 3.63) is 170 Å². The largest absolute Gasteiger partial charge is 0.472 e. The number of carbonyl (C=O) groups is 2. The quantitative estimate of drug-likeness (QED) is 0.0211. The van der Waals surface area contributed by atoms with Gasteiger partial charge in [-0.05, 0) is 128 Å². The fourth-order valence-corrected chi connectivity index (χ4v) is 10.1. The maximum Gasteiger partial charge on any atom is 0.472 e. The summed E-state index contributed by atoms with van der Waals surface area (Å²) in [5.74, 6) is -0.811. The number of ether oxygens (including phenoxy) is 2. The van der Waals surface area contributed by atoms with Gasteiger partial charge < -0.3 is 18.9 Å². The second kappa shape index (κ2) is 68.7. The number of quaternary nitrogens is 1. The molecule has 0 saturated heterocycles. The summed E-state index contributed by atoms with van der Waals surface area (Å²) in [4.78, 5) is 35.9. The van der Waals surface area contributed by atoms with E-state index in [0.717, 1.165) is 135 Å². The third-order valence-corrected chi connectivity index (χ3v) is 15.7. The number of allylic oxidation sites excluding steroid dienone is 28. The zero-order chi connectivity index (χ0) is 65.5. The fraction of sp³-hybridized carbons (Fsp3) is 0.625. The van der Waals surface area contributed by atoms with E-state index in [4.69, 9.17) is 18.5 Å². The lowest BCUT2D eigenvalue weighted by Gasteiger charge is -2.24. The summed E-state index contributed by atoms with van der Waals surface area (Å²) in [5, 5.41) is 0. The lowest BCUT2D eigenvalue weighted by molar-refractivity contribution is -0.870. The van der Waals surface area contributed by atoms with Crippen LogP contribution in [0.3, 0.4) is 0 Å². The van der Waals surface area contributed by atoms with E-state index in [9.17, 15) is 19.0 Å². The van der Waals surface area contributed by atoms with Crippen LogP contribution in [0, 0.1) is 0 Å². The zero-order valence-electron chi connectivity index (χ0n) is 58.1. The lowest BCUT2D eigenvalue weighted by atomic mass is 10.0. The molecule has 0 rings (SSSR count). The van der Waals surface area contributed by atoms with Gasteiger partial charge in [0.2, 0.25) is 0 Å². The van der Waals surface area contributed by atoms with Gasteiger partial charge in [0, 0.05) is 12.8 Å². The molecule has 2 unspecified atom stereocenters. The first-order valence-electron chi connectivity index (χ1n) is 35.9. The number of hydrogen-bond acceptors (Lipinski definition) is 7. The van der Waals surface area contributed by atoms with Crippen molar-refractivity contribution in [2.24, 2.45) is 0 Å². The van der Waals surface area contributed by atoms with Crippen LogP contribution in [0.4, 0.5) is 0 Å². The molecule has 10 heteroatoms. The van der Waals surface area contributed by atoms with Gasteiger partial charge in [0.05, 0.1) is 27.7 Å². The van der Waals surface area contributed by atoms with Crippen molar-refractivity contribution in [3.63, 3.8) is 0 Å². The van der Waals surface area contributed by atoms with Gasteiger partial charge in [0.15, 0.2) is 6.10 Å². The van der Waals surface area contributed by atoms with E-state index < -0.39 is 26.5 Å². The molecule has 0 heterocycles. The van der Waals surface area contributed by atoms with Gasteiger partial charge in [-0.1, -0.05) is 300 Å². The van der Waals surface area contributed by atoms with E-state index >= 15 is 0 Å². The first-order valence-corrected chi connectivity index (χ1v) is 37.4. The average Bonchev–Trinajstić information content (AvgIpc) is 3.61. The molecule has 0 aromatic carbocycles. The molecule has 510 valence electrons. The number of phosphoric acid groups is 1. The predicted molar refractivity (Wildman–Crippen MR) is 389 cm³/mol. The fourth-order valence-electron chi connectivity index (χ4n) is 9.33. The summed E-state index contributed by atoms with van der Waals surface area (Å²) in [6.45, 7) is 4.19. The number of carbonyl (C=O) groups excluding carboxylic acids is 2. The third kappa shape index (κ3) is 72.4. The van der Waals surface area contributed by atoms with Crippen LogP contribution in [-0.4, -0.2) is 74.9 Å². The molecule has 0 aliphatic rings. The standard InChI is InChI=1S/C80H132NO8P/c1-6-8-10-12-14-16-18-20-22-24-26-28-30-32-34-36-38-39-40-41-43-45-47-49-51-53-55-57-59-61-63-65-67-69-71-73-80(83)89-78(77-88-90(84,85)87-75-74-81(3,4)5)76-86-79(82)72-70-68-66-64-62-60-58-56-54-52-50-48-46-44-42-37-35-33-31-29-27-25-23-21-19-17-15-13-11-9-7-2/h8-11,14-17,20-23,26-29,32-35,38-39,41-44,47,49,78H,6-7,12-13,18-19,24-25,30-31,36-37,40,45-46,48,50-77H2,1-5H3/p+1/b10-8-,11-9-,16-14-,17-15-,22-20-,23-21-,28-26-,29-27-,34-32-,35-33-,39-38-,43-41-,44-42-,49-47-. The molecule has 0 bridgehead atoms. The average molecular weight is 1270 g/mol. The van der Waals surface area contributed by atoms with Gasteiger partial charge in [-0.2, -0.15) is 0 Å². The van der Waals surface area contributed by atoms with Crippen molar-refractivity contribution in [2.75, 3.05) is 47.5 Å². The second-order valence-corrected chi connectivity index (χ2v) is 26.0. The van der Waals surface area contributed by atoms with Gasteiger partial charge in [-0.25, -0.2) is 4.57 Å². The molecule has 2 atom stereocenters. The minimum absolute atomic E-state index is 0.0225. The van der Waals surface area contributed by atoms with E-state index in [2.05, 4.69) is 184 Å². The Hall–Kier alpha value is -4.63. The Labute approximate surface area is 553 Å². The summed E-state index contributed by atoms with van der Waals surface area (Å²) in [5.41, 5.74) is 0. The zero-order valence-corrected chi connectivity index (χ0v) is 58.9. The highest BCUT2D eigenvalue weighted by atomic mass is 31.2. The molecule has 1 N–H and O–H groups in total. The Balaban J connectivity index is 4.11. The van der Waals surface area contributed by atoms with E-state index in [1.165, 1.54) is 103 Å². The van der Waals surface area contributed by atoms with Crippen LogP contribution >= 0.6 is 7.82 Å². The molecule has 0 aromatic heterocycles. The Morgan fingerprint density at radius 2 is 0.600 bits per heavy atom. The molecule has 9 nitrogen and oxygen atoms in total. The van der Waals surface area contributed by atoms with Crippen LogP contribution in [0.2, 0.25) is 0 Å². The molecular formula is C80H133NO8P+. The minimum atomic E-state index is -4.41. The van der Waals surface area contributed by atoms with Crippen molar-refractivity contribution < 1.29 is 42.1 Å². The highest BCUT2D eigenvalue weighted by Gasteiger charge is 2.27. The maximum absolute atomic E-state index is 12.9. The first-order chi connectivity index (χ1) is 44.0. The van der Waals surface area contributed by atoms with Gasteiger partial charge in [-0.3, -0.25) is 18.6 Å². The van der Waals surface area contributed by atoms with Crippen molar-refractivity contribution >= 4 is 19.8 Å². The number of nitrogens with zero attached hydrogens (tertiary/aromatic N) is 1. The van der Waals surface area contributed by atoms with Crippen molar-refractivity contribution in [3.8, 4) is 0 Å². The molecule has 0 aromatic rings. The lowest BCUT2D eigenvalue weighted by Crippen LogP contribution is -2.37. The summed E-state index contributed by atoms with van der Waals surface area (Å²) >= 11 is 0. The number of phosphoric ester groups is 1. The molecule has 0 aliphatic heterocycles.